The summed E-state index contributed by atoms with van der Waals surface area (Å²) in [7, 11) is 2.02. The second-order valence-electron chi connectivity index (χ2n) is 6.40. The van der Waals surface area contributed by atoms with Crippen LogP contribution in [0.25, 0.3) is 0 Å². The molecule has 2 N–H and O–H groups in total. The molecule has 0 unspecified atom stereocenters. The van der Waals surface area contributed by atoms with Crippen LogP contribution in [0.1, 0.15) is 16.8 Å². The monoisotopic (exact) mass is 376 g/mol. The average molecular weight is 377 g/mol. The second kappa shape index (κ2) is 8.82. The van der Waals surface area contributed by atoms with Gasteiger partial charge in [0.2, 0.25) is 0 Å². The van der Waals surface area contributed by atoms with Crippen LogP contribution in [0.3, 0.4) is 0 Å². The lowest BCUT2D eigenvalue weighted by Gasteiger charge is -2.19. The molecule has 0 bridgehead atoms. The van der Waals surface area contributed by atoms with Crippen LogP contribution in [0.4, 0.5) is 5.69 Å². The van der Waals surface area contributed by atoms with E-state index in [2.05, 4.69) is 19.4 Å². The van der Waals surface area contributed by atoms with Crippen molar-refractivity contribution in [2.75, 3.05) is 38.5 Å². The highest BCUT2D eigenvalue weighted by molar-refractivity contribution is 7.92. The third-order valence-corrected chi connectivity index (χ3v) is 5.83. The van der Waals surface area contributed by atoms with Gasteiger partial charge in [0.05, 0.1) is 31.2 Å². The molecule has 0 atom stereocenters. The van der Waals surface area contributed by atoms with Crippen molar-refractivity contribution in [3.63, 3.8) is 0 Å². The van der Waals surface area contributed by atoms with E-state index < -0.39 is 10.0 Å². The summed E-state index contributed by atoms with van der Waals surface area (Å²) in [5.41, 5.74) is 1.01. The van der Waals surface area contributed by atoms with Crippen LogP contribution >= 0.6 is 0 Å². The van der Waals surface area contributed by atoms with E-state index in [9.17, 15) is 13.2 Å². The first-order chi connectivity index (χ1) is 12.3. The number of hydrogen-bond donors (Lipinski definition) is 2. The maximum absolute atomic E-state index is 12.6. The molecule has 0 aromatic heterocycles. The third kappa shape index (κ3) is 5.06. The molecule has 2 aromatic carbocycles. The molecule has 2 rings (SSSR count). The van der Waals surface area contributed by atoms with Gasteiger partial charge in [-0.2, -0.15) is 0 Å². The van der Waals surface area contributed by atoms with Crippen LogP contribution in [0.2, 0.25) is 0 Å². The Balaban J connectivity index is 2.03. The molecule has 2 aromatic rings. The molecule has 0 heterocycles. The third-order valence-electron chi connectivity index (χ3n) is 4.03. The van der Waals surface area contributed by atoms with Crippen molar-refractivity contribution < 1.29 is 18.1 Å². The highest BCUT2D eigenvalue weighted by Gasteiger charge is 2.21. The summed E-state index contributed by atoms with van der Waals surface area (Å²) in [6, 6.07) is 14.8. The maximum Gasteiger partial charge on any atom is 0.264 e. The summed E-state index contributed by atoms with van der Waals surface area (Å²) in [6.45, 7) is 1.61. The Labute approximate surface area is 155 Å². The van der Waals surface area contributed by atoms with E-state index in [1.807, 2.05) is 0 Å². The summed E-state index contributed by atoms with van der Waals surface area (Å²) in [6.07, 6.45) is 0.907. The minimum Gasteiger partial charge on any atom is -0.352 e. The lowest BCUT2D eigenvalue weighted by atomic mass is 10.2. The Bertz CT molecular complexity index is 819. The zero-order valence-corrected chi connectivity index (χ0v) is 16.2. The number of amides is 1. The van der Waals surface area contributed by atoms with Crippen LogP contribution < -0.4 is 14.5 Å². The van der Waals surface area contributed by atoms with E-state index in [-0.39, 0.29) is 10.8 Å². The Morgan fingerprint density at radius 1 is 1.04 bits per heavy atom. The Morgan fingerprint density at radius 3 is 2.23 bits per heavy atom. The highest BCUT2D eigenvalue weighted by atomic mass is 32.2. The van der Waals surface area contributed by atoms with Crippen LogP contribution in [0.15, 0.2) is 59.5 Å². The van der Waals surface area contributed by atoms with Crippen LogP contribution in [0.5, 0.6) is 0 Å². The molecular weight excluding hydrogens is 350 g/mol. The number of anilines is 1. The predicted molar refractivity (Wildman–Crippen MR) is 103 cm³/mol. The minimum atomic E-state index is -3.62. The average Bonchev–Trinajstić information content (AvgIpc) is 2.65. The largest absolute Gasteiger partial charge is 0.352 e. The number of nitrogens with zero attached hydrogens (tertiary/aromatic N) is 1. The normalized spacial score (nSPS) is 11.4. The van der Waals surface area contributed by atoms with Gasteiger partial charge in [-0.25, -0.2) is 8.42 Å². The zero-order valence-electron chi connectivity index (χ0n) is 15.4. The Hall–Kier alpha value is -2.38. The lowest BCUT2D eigenvalue weighted by molar-refractivity contribution is -0.858. The number of sulfonamides is 1. The number of benzene rings is 2. The minimum absolute atomic E-state index is 0.154. The smallest absolute Gasteiger partial charge is 0.264 e. The van der Waals surface area contributed by atoms with E-state index in [4.69, 9.17) is 0 Å². The molecule has 7 heteroatoms. The SMILES string of the molecule is CN(c1ccc(C(=O)NCCC[NH+](C)C)cc1)S(=O)(=O)c1ccccc1. The topological polar surface area (TPSA) is 70.9 Å². The fourth-order valence-electron chi connectivity index (χ4n) is 2.46. The zero-order chi connectivity index (χ0) is 19.2. The van der Waals surface area contributed by atoms with Gasteiger partial charge in [-0.3, -0.25) is 9.10 Å². The van der Waals surface area contributed by atoms with Gasteiger partial charge in [-0.15, -0.1) is 0 Å². The van der Waals surface area contributed by atoms with Crippen molar-refractivity contribution in [2.24, 2.45) is 0 Å². The summed E-state index contributed by atoms with van der Waals surface area (Å²) in [5.74, 6) is -0.154. The molecule has 0 saturated carbocycles. The van der Waals surface area contributed by atoms with Gasteiger partial charge >= 0.3 is 0 Å². The summed E-state index contributed by atoms with van der Waals surface area (Å²) in [4.78, 5) is 13.7. The number of hydrogen-bond acceptors (Lipinski definition) is 3. The van der Waals surface area contributed by atoms with Crippen LogP contribution in [0, 0.1) is 0 Å². The maximum atomic E-state index is 12.6. The van der Waals surface area contributed by atoms with E-state index in [0.29, 0.717) is 17.8 Å². The van der Waals surface area contributed by atoms with Crippen molar-refractivity contribution in [1.29, 1.82) is 0 Å². The van der Waals surface area contributed by atoms with Gasteiger partial charge in [0.15, 0.2) is 0 Å². The molecule has 6 nitrogen and oxygen atoms in total. The van der Waals surface area contributed by atoms with Crippen LogP contribution in [-0.2, 0) is 10.0 Å². The number of nitrogens with one attached hydrogen (secondary N) is 2. The quantitative estimate of drug-likeness (QED) is 0.669. The number of quaternary nitrogens is 1. The standard InChI is InChI=1S/C19H25N3O3S/c1-21(2)15-7-14-20-19(23)16-10-12-17(13-11-16)22(3)26(24,25)18-8-5-4-6-9-18/h4-6,8-13H,7,14-15H2,1-3H3,(H,20,23)/p+1. The summed E-state index contributed by atoms with van der Waals surface area (Å²) in [5, 5.41) is 2.87. The molecule has 0 aliphatic rings. The predicted octanol–water partition coefficient (Wildman–Crippen LogP) is 0.776. The number of rotatable bonds is 8. The first-order valence-corrected chi connectivity index (χ1v) is 9.97. The summed E-state index contributed by atoms with van der Waals surface area (Å²) >= 11 is 0. The van der Waals surface area contributed by atoms with Gasteiger partial charge < -0.3 is 10.2 Å². The molecule has 0 aliphatic carbocycles. The van der Waals surface area contributed by atoms with Gasteiger partial charge in [0.1, 0.15) is 0 Å². The van der Waals surface area contributed by atoms with E-state index in [1.165, 1.54) is 16.3 Å². The molecule has 0 aliphatic heterocycles. The molecule has 140 valence electrons. The first kappa shape index (κ1) is 19.9. The van der Waals surface area contributed by atoms with Crippen LogP contribution in [-0.4, -0.2) is 48.6 Å². The van der Waals surface area contributed by atoms with Crippen molar-refractivity contribution in [1.82, 2.24) is 5.32 Å². The van der Waals surface area contributed by atoms with Gasteiger partial charge in [-0.1, -0.05) is 18.2 Å². The van der Waals surface area contributed by atoms with E-state index >= 15 is 0 Å². The lowest BCUT2D eigenvalue weighted by Crippen LogP contribution is -3.05. The van der Waals surface area contributed by atoms with E-state index in [0.717, 1.165) is 13.0 Å². The van der Waals surface area contributed by atoms with Gasteiger partial charge in [-0.05, 0) is 36.4 Å². The van der Waals surface area contributed by atoms with E-state index in [1.54, 1.807) is 54.6 Å². The number of carbonyl (C=O) groups is 1. The molecule has 0 spiro atoms. The molecular formula is C19H26N3O3S+. The van der Waals surface area contributed by atoms with Gasteiger partial charge in [0, 0.05) is 25.6 Å². The van der Waals surface area contributed by atoms with Crippen molar-refractivity contribution in [2.45, 2.75) is 11.3 Å². The fraction of sp³-hybridized carbons (Fsp3) is 0.316. The summed E-state index contributed by atoms with van der Waals surface area (Å²) < 4.78 is 26.5. The van der Waals surface area contributed by atoms with Crippen molar-refractivity contribution in [3.8, 4) is 0 Å². The second-order valence-corrected chi connectivity index (χ2v) is 8.37. The fourth-order valence-corrected chi connectivity index (χ4v) is 3.67. The molecule has 1 amide bonds. The van der Waals surface area contributed by atoms with Crippen molar-refractivity contribution >= 4 is 21.6 Å². The number of carbonyl (C=O) groups excluding carboxylic acids is 1. The highest BCUT2D eigenvalue weighted by Crippen LogP contribution is 2.22. The first-order valence-electron chi connectivity index (χ1n) is 8.53. The Morgan fingerprint density at radius 2 is 1.65 bits per heavy atom. The Kier molecular flexibility index (Phi) is 6.76. The van der Waals surface area contributed by atoms with Crippen molar-refractivity contribution in [3.05, 3.63) is 60.2 Å². The molecule has 0 saturated heterocycles. The molecule has 0 fully saturated rings. The molecule has 0 radical (unpaired) electrons. The van der Waals surface area contributed by atoms with Gasteiger partial charge in [0.25, 0.3) is 15.9 Å². The molecule has 26 heavy (non-hydrogen) atoms.